The smallest absolute Gasteiger partial charge is 0.251 e. The summed E-state index contributed by atoms with van der Waals surface area (Å²) in [6, 6.07) is 18.6. The van der Waals surface area contributed by atoms with E-state index < -0.39 is 0 Å². The first-order valence-corrected chi connectivity index (χ1v) is 11.4. The van der Waals surface area contributed by atoms with Crippen molar-refractivity contribution >= 4 is 17.6 Å². The number of rotatable bonds is 9. The van der Waals surface area contributed by atoms with Crippen molar-refractivity contribution in [3.05, 3.63) is 65.7 Å². The molecule has 7 heteroatoms. The molecule has 1 unspecified atom stereocenters. The molecule has 1 atom stereocenters. The number of carbonyl (C=O) groups excluding carboxylic acids is 1. The van der Waals surface area contributed by atoms with E-state index in [1.165, 1.54) is 5.69 Å². The third kappa shape index (κ3) is 7.27. The highest BCUT2D eigenvalue weighted by molar-refractivity contribution is 5.94. The van der Waals surface area contributed by atoms with Crippen LogP contribution in [-0.2, 0) is 6.54 Å². The third-order valence-electron chi connectivity index (χ3n) is 5.45. The lowest BCUT2D eigenvalue weighted by atomic mass is 10.1. The summed E-state index contributed by atoms with van der Waals surface area (Å²) in [5, 5.41) is 9.89. The number of benzene rings is 2. The molecule has 2 aromatic carbocycles. The van der Waals surface area contributed by atoms with Crippen LogP contribution in [0.25, 0.3) is 0 Å². The molecule has 0 saturated carbocycles. The molecule has 1 amide bonds. The van der Waals surface area contributed by atoms with Gasteiger partial charge in [0.2, 0.25) is 0 Å². The van der Waals surface area contributed by atoms with Crippen molar-refractivity contribution in [3.8, 4) is 0 Å². The summed E-state index contributed by atoms with van der Waals surface area (Å²) in [6.45, 7) is 6.82. The van der Waals surface area contributed by atoms with Crippen molar-refractivity contribution in [2.75, 3.05) is 51.7 Å². The van der Waals surface area contributed by atoms with Gasteiger partial charge in [-0.15, -0.1) is 0 Å². The SMILES string of the molecule is CCNC(=NCc1cccc(C(=O)NCCN(C)C)c1)NC1CCN(c2ccccc2)C1. The van der Waals surface area contributed by atoms with E-state index in [4.69, 9.17) is 4.99 Å². The number of nitrogens with one attached hydrogen (secondary N) is 3. The summed E-state index contributed by atoms with van der Waals surface area (Å²) < 4.78 is 0. The molecule has 0 radical (unpaired) electrons. The number of anilines is 1. The third-order valence-corrected chi connectivity index (χ3v) is 5.45. The molecule has 2 aromatic rings. The number of nitrogens with zero attached hydrogens (tertiary/aromatic N) is 3. The number of likely N-dealkylation sites (N-methyl/N-ethyl adjacent to an activating group) is 1. The predicted molar refractivity (Wildman–Crippen MR) is 132 cm³/mol. The fourth-order valence-corrected chi connectivity index (χ4v) is 3.74. The molecule has 1 fully saturated rings. The largest absolute Gasteiger partial charge is 0.369 e. The van der Waals surface area contributed by atoms with E-state index in [1.54, 1.807) is 0 Å². The summed E-state index contributed by atoms with van der Waals surface area (Å²) in [4.78, 5) is 21.6. The van der Waals surface area contributed by atoms with Gasteiger partial charge in [-0.2, -0.15) is 0 Å². The molecule has 1 aliphatic rings. The molecule has 1 saturated heterocycles. The second-order valence-corrected chi connectivity index (χ2v) is 8.37. The molecule has 0 spiro atoms. The van der Waals surface area contributed by atoms with Gasteiger partial charge in [-0.25, -0.2) is 4.99 Å². The number of hydrogen-bond donors (Lipinski definition) is 3. The van der Waals surface area contributed by atoms with Crippen LogP contribution in [-0.4, -0.2) is 69.6 Å². The topological polar surface area (TPSA) is 72.0 Å². The number of guanidine groups is 1. The molecule has 172 valence electrons. The van der Waals surface area contributed by atoms with Crippen molar-refractivity contribution in [1.29, 1.82) is 0 Å². The molecule has 3 rings (SSSR count). The van der Waals surface area contributed by atoms with Gasteiger partial charge >= 0.3 is 0 Å². The van der Waals surface area contributed by atoms with E-state index in [0.29, 0.717) is 24.7 Å². The number of hydrogen-bond acceptors (Lipinski definition) is 4. The van der Waals surface area contributed by atoms with Gasteiger partial charge in [0, 0.05) is 50.0 Å². The van der Waals surface area contributed by atoms with Crippen LogP contribution in [0.4, 0.5) is 5.69 Å². The lowest BCUT2D eigenvalue weighted by Crippen LogP contribution is -2.44. The normalized spacial score (nSPS) is 16.3. The van der Waals surface area contributed by atoms with Gasteiger partial charge in [0.25, 0.3) is 5.91 Å². The zero-order chi connectivity index (χ0) is 22.8. The summed E-state index contributed by atoms with van der Waals surface area (Å²) in [5.41, 5.74) is 2.95. The van der Waals surface area contributed by atoms with Crippen LogP contribution in [0.5, 0.6) is 0 Å². The van der Waals surface area contributed by atoms with E-state index in [9.17, 15) is 4.79 Å². The summed E-state index contributed by atoms with van der Waals surface area (Å²) in [7, 11) is 3.98. The Morgan fingerprint density at radius 2 is 1.94 bits per heavy atom. The Labute approximate surface area is 191 Å². The highest BCUT2D eigenvalue weighted by Gasteiger charge is 2.23. The van der Waals surface area contributed by atoms with E-state index in [0.717, 1.165) is 44.1 Å². The Hall–Kier alpha value is -3.06. The Balaban J connectivity index is 1.56. The molecule has 1 heterocycles. The predicted octanol–water partition coefficient (Wildman–Crippen LogP) is 2.31. The molecule has 0 bridgehead atoms. The Morgan fingerprint density at radius 3 is 2.69 bits per heavy atom. The van der Waals surface area contributed by atoms with Crippen LogP contribution in [0, 0.1) is 0 Å². The van der Waals surface area contributed by atoms with E-state index in [1.807, 2.05) is 49.3 Å². The molecule has 1 aliphatic heterocycles. The summed E-state index contributed by atoms with van der Waals surface area (Å²) >= 11 is 0. The highest BCUT2D eigenvalue weighted by Crippen LogP contribution is 2.19. The maximum atomic E-state index is 12.4. The molecule has 0 aliphatic carbocycles. The van der Waals surface area contributed by atoms with Crippen molar-refractivity contribution in [1.82, 2.24) is 20.9 Å². The van der Waals surface area contributed by atoms with Gasteiger partial charge < -0.3 is 25.8 Å². The maximum Gasteiger partial charge on any atom is 0.251 e. The highest BCUT2D eigenvalue weighted by atomic mass is 16.1. The fraction of sp³-hybridized carbons (Fsp3) is 0.440. The maximum absolute atomic E-state index is 12.4. The average Bonchev–Trinajstić information content (AvgIpc) is 3.27. The van der Waals surface area contributed by atoms with E-state index in [-0.39, 0.29) is 5.91 Å². The lowest BCUT2D eigenvalue weighted by Gasteiger charge is -2.20. The lowest BCUT2D eigenvalue weighted by molar-refractivity contribution is 0.0951. The first-order valence-electron chi connectivity index (χ1n) is 11.4. The van der Waals surface area contributed by atoms with E-state index in [2.05, 4.69) is 52.0 Å². The second-order valence-electron chi connectivity index (χ2n) is 8.37. The molecule has 32 heavy (non-hydrogen) atoms. The van der Waals surface area contributed by atoms with Crippen LogP contribution >= 0.6 is 0 Å². The van der Waals surface area contributed by atoms with Crippen LogP contribution in [0.1, 0.15) is 29.3 Å². The monoisotopic (exact) mass is 436 g/mol. The van der Waals surface area contributed by atoms with Crippen molar-refractivity contribution in [3.63, 3.8) is 0 Å². The van der Waals surface area contributed by atoms with Crippen LogP contribution in [0.15, 0.2) is 59.6 Å². The van der Waals surface area contributed by atoms with Gasteiger partial charge in [0.05, 0.1) is 6.54 Å². The summed E-state index contributed by atoms with van der Waals surface area (Å²) in [5.74, 6) is 0.767. The van der Waals surface area contributed by atoms with Gasteiger partial charge in [-0.05, 0) is 57.3 Å². The first kappa shape index (κ1) is 23.6. The van der Waals surface area contributed by atoms with Crippen molar-refractivity contribution in [2.24, 2.45) is 4.99 Å². The zero-order valence-electron chi connectivity index (χ0n) is 19.5. The number of amides is 1. The zero-order valence-corrected chi connectivity index (χ0v) is 19.5. The minimum atomic E-state index is -0.0466. The van der Waals surface area contributed by atoms with Crippen molar-refractivity contribution < 1.29 is 4.79 Å². The van der Waals surface area contributed by atoms with Gasteiger partial charge in [0.15, 0.2) is 5.96 Å². The van der Waals surface area contributed by atoms with Crippen LogP contribution in [0.2, 0.25) is 0 Å². The molecule has 0 aromatic heterocycles. The number of carbonyl (C=O) groups is 1. The minimum Gasteiger partial charge on any atom is -0.369 e. The van der Waals surface area contributed by atoms with Crippen molar-refractivity contribution in [2.45, 2.75) is 25.9 Å². The quantitative estimate of drug-likeness (QED) is 0.416. The average molecular weight is 437 g/mol. The van der Waals surface area contributed by atoms with Gasteiger partial charge in [-0.1, -0.05) is 30.3 Å². The minimum absolute atomic E-state index is 0.0466. The van der Waals surface area contributed by atoms with Gasteiger partial charge in [0.1, 0.15) is 0 Å². The van der Waals surface area contributed by atoms with Gasteiger partial charge in [-0.3, -0.25) is 4.79 Å². The number of aliphatic imine (C=N–C) groups is 1. The second kappa shape index (κ2) is 12.1. The fourth-order valence-electron chi connectivity index (χ4n) is 3.74. The van der Waals surface area contributed by atoms with Crippen LogP contribution < -0.4 is 20.9 Å². The first-order chi connectivity index (χ1) is 15.5. The Morgan fingerprint density at radius 1 is 1.12 bits per heavy atom. The molecule has 7 nitrogen and oxygen atoms in total. The Bertz CT molecular complexity index is 883. The Kier molecular flexibility index (Phi) is 8.92. The van der Waals surface area contributed by atoms with E-state index >= 15 is 0 Å². The summed E-state index contributed by atoms with van der Waals surface area (Å²) in [6.07, 6.45) is 1.07. The van der Waals surface area contributed by atoms with Crippen LogP contribution in [0.3, 0.4) is 0 Å². The molecular formula is C25H36N6O. The standard InChI is InChI=1S/C25H36N6O/c1-4-26-25(29-22-13-15-31(19-22)23-11-6-5-7-12-23)28-18-20-9-8-10-21(17-20)24(32)27-14-16-30(2)3/h5-12,17,22H,4,13-16,18-19H2,1-3H3,(H,27,32)(H2,26,28,29). The number of para-hydroxylation sites is 1. The molecule has 3 N–H and O–H groups in total. The molecular weight excluding hydrogens is 400 g/mol.